The molecule has 0 radical (unpaired) electrons. The molecule has 2 atom stereocenters. The maximum atomic E-state index is 12.2. The van der Waals surface area contributed by atoms with Crippen LogP contribution in [0.5, 0.6) is 0 Å². The number of nitriles is 1. The van der Waals surface area contributed by atoms with Gasteiger partial charge in [0.25, 0.3) is 0 Å². The number of piperidine rings is 1. The first kappa shape index (κ1) is 14.0. The van der Waals surface area contributed by atoms with E-state index in [1.165, 1.54) is 0 Å². The summed E-state index contributed by atoms with van der Waals surface area (Å²) in [7, 11) is 0. The Bertz CT molecular complexity index is 524. The highest BCUT2D eigenvalue weighted by molar-refractivity contribution is 9.10. The highest BCUT2D eigenvalue weighted by Crippen LogP contribution is 2.22. The summed E-state index contributed by atoms with van der Waals surface area (Å²) in [4.78, 5) is 12.2. The Hall–Kier alpha value is -1.38. The monoisotopic (exact) mass is 321 g/mol. The van der Waals surface area contributed by atoms with Gasteiger partial charge in [0, 0.05) is 4.47 Å². The van der Waals surface area contributed by atoms with Crippen molar-refractivity contribution < 1.29 is 4.79 Å². The van der Waals surface area contributed by atoms with Crippen molar-refractivity contribution in [3.63, 3.8) is 0 Å². The lowest BCUT2D eigenvalue weighted by Crippen LogP contribution is -2.48. The van der Waals surface area contributed by atoms with E-state index in [9.17, 15) is 4.79 Å². The van der Waals surface area contributed by atoms with Crippen LogP contribution < -0.4 is 10.6 Å². The Morgan fingerprint density at radius 2 is 2.37 bits per heavy atom. The predicted octanol–water partition coefficient (Wildman–Crippen LogP) is 2.65. The molecule has 0 aliphatic carbocycles. The van der Waals surface area contributed by atoms with Gasteiger partial charge >= 0.3 is 0 Å². The summed E-state index contributed by atoms with van der Waals surface area (Å²) in [5.41, 5.74) is 1.03. The molecule has 2 rings (SSSR count). The third-order valence-electron chi connectivity index (χ3n) is 3.41. The third-order valence-corrected chi connectivity index (χ3v) is 3.91. The van der Waals surface area contributed by atoms with Crippen LogP contribution in [0.3, 0.4) is 0 Å². The van der Waals surface area contributed by atoms with Crippen molar-refractivity contribution in [1.29, 1.82) is 5.26 Å². The van der Waals surface area contributed by atoms with E-state index in [-0.39, 0.29) is 11.9 Å². The van der Waals surface area contributed by atoms with Crippen LogP contribution in [0.1, 0.15) is 25.3 Å². The van der Waals surface area contributed by atoms with E-state index >= 15 is 0 Å². The predicted molar refractivity (Wildman–Crippen MR) is 77.7 cm³/mol. The highest BCUT2D eigenvalue weighted by Gasteiger charge is 2.27. The molecule has 1 fully saturated rings. The Morgan fingerprint density at radius 3 is 3.05 bits per heavy atom. The molecule has 2 unspecified atom stereocenters. The molecule has 2 N–H and O–H groups in total. The molecule has 1 aromatic carbocycles. The van der Waals surface area contributed by atoms with Crippen LogP contribution in [-0.4, -0.2) is 18.5 Å². The minimum Gasteiger partial charge on any atom is -0.324 e. The minimum absolute atomic E-state index is 0.0639. The molecular formula is C14H16BrN3O. The van der Waals surface area contributed by atoms with Crippen molar-refractivity contribution in [2.75, 3.05) is 11.9 Å². The van der Waals surface area contributed by atoms with E-state index in [1.807, 2.05) is 6.07 Å². The summed E-state index contributed by atoms with van der Waals surface area (Å²) < 4.78 is 0.825. The van der Waals surface area contributed by atoms with Gasteiger partial charge < -0.3 is 10.6 Å². The number of hydrogen-bond donors (Lipinski definition) is 2. The number of nitrogens with one attached hydrogen (secondary N) is 2. The zero-order valence-electron chi connectivity index (χ0n) is 10.7. The molecule has 1 aliphatic rings. The van der Waals surface area contributed by atoms with Crippen molar-refractivity contribution in [2.24, 2.45) is 5.92 Å². The van der Waals surface area contributed by atoms with Gasteiger partial charge in [-0.2, -0.15) is 5.26 Å². The molecule has 0 saturated carbocycles. The molecular weight excluding hydrogens is 306 g/mol. The molecule has 100 valence electrons. The Kier molecular flexibility index (Phi) is 4.56. The molecule has 1 aromatic rings. The molecule has 1 saturated heterocycles. The summed E-state index contributed by atoms with van der Waals surface area (Å²) in [6.45, 7) is 2.94. The summed E-state index contributed by atoms with van der Waals surface area (Å²) in [6, 6.07) is 7.17. The van der Waals surface area contributed by atoms with Crippen LogP contribution in [0, 0.1) is 17.2 Å². The number of carbonyl (C=O) groups is 1. The van der Waals surface area contributed by atoms with Crippen LogP contribution in [-0.2, 0) is 4.79 Å². The SMILES string of the molecule is CC1CCCNC1C(=O)Nc1ccc(Br)cc1C#N. The molecule has 1 heterocycles. The normalized spacial score (nSPS) is 22.6. The van der Waals surface area contributed by atoms with Crippen molar-refractivity contribution >= 4 is 27.5 Å². The average molecular weight is 322 g/mol. The maximum Gasteiger partial charge on any atom is 0.241 e. The summed E-state index contributed by atoms with van der Waals surface area (Å²) in [5.74, 6) is 0.251. The van der Waals surface area contributed by atoms with Gasteiger partial charge in [-0.1, -0.05) is 22.9 Å². The first-order valence-corrected chi connectivity index (χ1v) is 7.15. The fourth-order valence-corrected chi connectivity index (χ4v) is 2.69. The molecule has 5 heteroatoms. The van der Waals surface area contributed by atoms with Crippen molar-refractivity contribution in [3.05, 3.63) is 28.2 Å². The highest BCUT2D eigenvalue weighted by atomic mass is 79.9. The molecule has 1 aliphatic heterocycles. The summed E-state index contributed by atoms with van der Waals surface area (Å²) >= 11 is 3.31. The van der Waals surface area contributed by atoms with Gasteiger partial charge in [0.2, 0.25) is 5.91 Å². The van der Waals surface area contributed by atoms with E-state index in [0.717, 1.165) is 23.9 Å². The fraction of sp³-hybridized carbons (Fsp3) is 0.429. The van der Waals surface area contributed by atoms with Gasteiger partial charge in [-0.25, -0.2) is 0 Å². The third kappa shape index (κ3) is 3.34. The first-order valence-electron chi connectivity index (χ1n) is 6.35. The lowest BCUT2D eigenvalue weighted by molar-refractivity contribution is -0.119. The Morgan fingerprint density at radius 1 is 1.58 bits per heavy atom. The molecule has 1 amide bonds. The first-order chi connectivity index (χ1) is 9.11. The van der Waals surface area contributed by atoms with Crippen LogP contribution in [0.15, 0.2) is 22.7 Å². The Balaban J connectivity index is 2.12. The number of nitrogens with zero attached hydrogens (tertiary/aromatic N) is 1. The number of carbonyl (C=O) groups excluding carboxylic acids is 1. The Labute approximate surface area is 121 Å². The zero-order chi connectivity index (χ0) is 13.8. The van der Waals surface area contributed by atoms with Crippen molar-refractivity contribution in [2.45, 2.75) is 25.8 Å². The summed E-state index contributed by atoms with van der Waals surface area (Å²) in [5, 5.41) is 15.2. The number of halogens is 1. The maximum absolute atomic E-state index is 12.2. The number of hydrogen-bond acceptors (Lipinski definition) is 3. The standard InChI is InChI=1S/C14H16BrN3O/c1-9-3-2-6-17-13(9)14(19)18-12-5-4-11(15)7-10(12)8-16/h4-5,7,9,13,17H,2-3,6H2,1H3,(H,18,19). The van der Waals surface area contributed by atoms with Gasteiger partial charge in [-0.3, -0.25) is 4.79 Å². The number of amides is 1. The van der Waals surface area contributed by atoms with Crippen LogP contribution in [0.4, 0.5) is 5.69 Å². The van der Waals surface area contributed by atoms with Gasteiger partial charge in [0.1, 0.15) is 6.07 Å². The lowest BCUT2D eigenvalue weighted by atomic mass is 9.92. The minimum atomic E-state index is -0.177. The fourth-order valence-electron chi connectivity index (χ4n) is 2.33. The van der Waals surface area contributed by atoms with Crippen molar-refractivity contribution in [3.8, 4) is 6.07 Å². The van der Waals surface area contributed by atoms with E-state index in [2.05, 4.69) is 39.6 Å². The molecule has 0 aromatic heterocycles. The zero-order valence-corrected chi connectivity index (χ0v) is 12.3. The quantitative estimate of drug-likeness (QED) is 0.880. The summed E-state index contributed by atoms with van der Waals surface area (Å²) in [6.07, 6.45) is 2.16. The smallest absolute Gasteiger partial charge is 0.241 e. The van der Waals surface area contributed by atoms with Gasteiger partial charge in [-0.05, 0) is 43.5 Å². The van der Waals surface area contributed by atoms with Crippen LogP contribution >= 0.6 is 15.9 Å². The van der Waals surface area contributed by atoms with E-state index in [1.54, 1.807) is 12.1 Å². The van der Waals surface area contributed by atoms with E-state index < -0.39 is 0 Å². The van der Waals surface area contributed by atoms with Crippen molar-refractivity contribution in [1.82, 2.24) is 5.32 Å². The van der Waals surface area contributed by atoms with Gasteiger partial charge in [0.15, 0.2) is 0 Å². The molecule has 0 bridgehead atoms. The average Bonchev–Trinajstić information content (AvgIpc) is 2.41. The number of anilines is 1. The van der Waals surface area contributed by atoms with Crippen LogP contribution in [0.25, 0.3) is 0 Å². The second kappa shape index (κ2) is 6.18. The second-order valence-corrected chi connectivity index (χ2v) is 5.76. The largest absolute Gasteiger partial charge is 0.324 e. The van der Waals surface area contributed by atoms with E-state index in [4.69, 9.17) is 5.26 Å². The molecule has 0 spiro atoms. The molecule has 4 nitrogen and oxygen atoms in total. The van der Waals surface area contributed by atoms with E-state index in [0.29, 0.717) is 17.2 Å². The van der Waals surface area contributed by atoms with Gasteiger partial charge in [-0.15, -0.1) is 0 Å². The lowest BCUT2D eigenvalue weighted by Gasteiger charge is -2.29. The van der Waals surface area contributed by atoms with Crippen LogP contribution in [0.2, 0.25) is 0 Å². The topological polar surface area (TPSA) is 64.9 Å². The van der Waals surface area contributed by atoms with Gasteiger partial charge in [0.05, 0.1) is 17.3 Å². The second-order valence-electron chi connectivity index (χ2n) is 4.84. The molecule has 19 heavy (non-hydrogen) atoms. The number of benzene rings is 1. The number of rotatable bonds is 2.